The first kappa shape index (κ1) is 19.1. The van der Waals surface area contributed by atoms with Gasteiger partial charge in [-0.15, -0.1) is 0 Å². The molecule has 0 aliphatic heterocycles. The van der Waals surface area contributed by atoms with Gasteiger partial charge >= 0.3 is 0 Å². The molecule has 1 atom stereocenters. The van der Waals surface area contributed by atoms with E-state index in [-0.39, 0.29) is 24.2 Å². The van der Waals surface area contributed by atoms with Gasteiger partial charge in [-0.25, -0.2) is 4.39 Å². The van der Waals surface area contributed by atoms with Gasteiger partial charge in [-0.1, -0.05) is 12.1 Å². The van der Waals surface area contributed by atoms with Gasteiger partial charge in [0, 0.05) is 26.8 Å². The predicted molar refractivity (Wildman–Crippen MR) is 102 cm³/mol. The maximum Gasteiger partial charge on any atom is 0.268 e. The SMILES string of the molecule is CN(C)C(=O)C(CNC(=O)c1[nH]cc2c1CCCC2)Cc1ccc(F)cc1. The Balaban J connectivity index is 1.68. The molecule has 1 aliphatic carbocycles. The van der Waals surface area contributed by atoms with Gasteiger partial charge in [0.2, 0.25) is 5.91 Å². The number of halogens is 1. The third-order valence-electron chi connectivity index (χ3n) is 5.12. The number of benzene rings is 1. The summed E-state index contributed by atoms with van der Waals surface area (Å²) in [5.41, 5.74) is 3.80. The molecule has 6 heteroatoms. The molecule has 0 saturated heterocycles. The third-order valence-corrected chi connectivity index (χ3v) is 5.12. The van der Waals surface area contributed by atoms with E-state index in [4.69, 9.17) is 0 Å². The Bertz CT molecular complexity index is 811. The average Bonchev–Trinajstić information content (AvgIpc) is 3.10. The number of nitrogens with one attached hydrogen (secondary N) is 2. The number of rotatable bonds is 6. The van der Waals surface area contributed by atoms with Crippen molar-refractivity contribution in [1.82, 2.24) is 15.2 Å². The molecule has 1 unspecified atom stereocenters. The lowest BCUT2D eigenvalue weighted by Crippen LogP contribution is -2.39. The van der Waals surface area contributed by atoms with Crippen molar-refractivity contribution < 1.29 is 14.0 Å². The molecule has 2 amide bonds. The normalized spacial score (nSPS) is 14.3. The van der Waals surface area contributed by atoms with E-state index in [1.54, 1.807) is 26.2 Å². The van der Waals surface area contributed by atoms with Crippen LogP contribution in [0.4, 0.5) is 4.39 Å². The molecule has 1 heterocycles. The Morgan fingerprint density at radius 2 is 1.89 bits per heavy atom. The van der Waals surface area contributed by atoms with E-state index in [0.29, 0.717) is 12.1 Å². The zero-order valence-electron chi connectivity index (χ0n) is 15.8. The molecule has 0 saturated carbocycles. The average molecular weight is 371 g/mol. The summed E-state index contributed by atoms with van der Waals surface area (Å²) in [6.45, 7) is 0.237. The molecule has 2 aromatic rings. The van der Waals surface area contributed by atoms with Crippen LogP contribution in [0.2, 0.25) is 0 Å². The van der Waals surface area contributed by atoms with Crippen molar-refractivity contribution in [3.8, 4) is 0 Å². The highest BCUT2D eigenvalue weighted by Gasteiger charge is 2.24. The quantitative estimate of drug-likeness (QED) is 0.820. The smallest absolute Gasteiger partial charge is 0.268 e. The van der Waals surface area contributed by atoms with Crippen LogP contribution < -0.4 is 5.32 Å². The summed E-state index contributed by atoms with van der Waals surface area (Å²) in [6.07, 6.45) is 6.54. The molecule has 1 aromatic carbocycles. The van der Waals surface area contributed by atoms with Crippen LogP contribution in [-0.2, 0) is 24.1 Å². The van der Waals surface area contributed by atoms with E-state index in [0.717, 1.165) is 36.8 Å². The molecule has 0 radical (unpaired) electrons. The highest BCUT2D eigenvalue weighted by atomic mass is 19.1. The first-order chi connectivity index (χ1) is 13.0. The molecular weight excluding hydrogens is 345 g/mol. The summed E-state index contributed by atoms with van der Waals surface area (Å²) in [5.74, 6) is -0.943. The van der Waals surface area contributed by atoms with Crippen LogP contribution in [-0.4, -0.2) is 42.3 Å². The molecule has 1 aliphatic rings. The number of aromatic nitrogens is 1. The lowest BCUT2D eigenvalue weighted by atomic mass is 9.93. The summed E-state index contributed by atoms with van der Waals surface area (Å²) < 4.78 is 13.1. The minimum atomic E-state index is -0.403. The zero-order chi connectivity index (χ0) is 19.4. The second kappa shape index (κ2) is 8.37. The molecule has 27 heavy (non-hydrogen) atoms. The molecule has 2 N–H and O–H groups in total. The van der Waals surface area contributed by atoms with Gasteiger partial charge in [0.15, 0.2) is 0 Å². The number of H-pyrrole nitrogens is 1. The van der Waals surface area contributed by atoms with Crippen molar-refractivity contribution in [3.63, 3.8) is 0 Å². The van der Waals surface area contributed by atoms with Gasteiger partial charge in [-0.2, -0.15) is 0 Å². The van der Waals surface area contributed by atoms with Crippen LogP contribution >= 0.6 is 0 Å². The van der Waals surface area contributed by atoms with Crippen LogP contribution in [0.3, 0.4) is 0 Å². The fourth-order valence-corrected chi connectivity index (χ4v) is 3.64. The zero-order valence-corrected chi connectivity index (χ0v) is 15.8. The van der Waals surface area contributed by atoms with Gasteiger partial charge in [-0.05, 0) is 60.9 Å². The number of nitrogens with zero attached hydrogens (tertiary/aromatic N) is 1. The highest BCUT2D eigenvalue weighted by molar-refractivity contribution is 5.94. The first-order valence-electron chi connectivity index (χ1n) is 9.38. The predicted octanol–water partition coefficient (Wildman–Crippen LogP) is 2.71. The first-order valence-corrected chi connectivity index (χ1v) is 9.38. The van der Waals surface area contributed by atoms with Crippen molar-refractivity contribution in [2.75, 3.05) is 20.6 Å². The van der Waals surface area contributed by atoms with Crippen LogP contribution in [0.25, 0.3) is 0 Å². The van der Waals surface area contributed by atoms with E-state index < -0.39 is 5.92 Å². The van der Waals surface area contributed by atoms with Crippen LogP contribution in [0, 0.1) is 11.7 Å². The van der Waals surface area contributed by atoms with Crippen molar-refractivity contribution in [1.29, 1.82) is 0 Å². The minimum Gasteiger partial charge on any atom is -0.357 e. The molecule has 144 valence electrons. The van der Waals surface area contributed by atoms with E-state index >= 15 is 0 Å². The van der Waals surface area contributed by atoms with Gasteiger partial charge in [0.05, 0.1) is 5.92 Å². The number of amides is 2. The number of hydrogen-bond acceptors (Lipinski definition) is 2. The Hall–Kier alpha value is -2.63. The van der Waals surface area contributed by atoms with Crippen LogP contribution in [0.15, 0.2) is 30.5 Å². The molecule has 5 nitrogen and oxygen atoms in total. The van der Waals surface area contributed by atoms with Crippen LogP contribution in [0.1, 0.15) is 40.0 Å². The number of carbonyl (C=O) groups excluding carboxylic acids is 2. The molecule has 0 bridgehead atoms. The van der Waals surface area contributed by atoms with Gasteiger partial charge in [0.25, 0.3) is 5.91 Å². The Morgan fingerprint density at radius 3 is 2.59 bits per heavy atom. The largest absolute Gasteiger partial charge is 0.357 e. The third kappa shape index (κ3) is 4.56. The van der Waals surface area contributed by atoms with Crippen molar-refractivity contribution in [2.45, 2.75) is 32.1 Å². The minimum absolute atomic E-state index is 0.0619. The Kier molecular flexibility index (Phi) is 5.94. The summed E-state index contributed by atoms with van der Waals surface area (Å²) in [4.78, 5) is 29.8. The molecule has 3 rings (SSSR count). The molecular formula is C21H26FN3O2. The van der Waals surface area contributed by atoms with Crippen LogP contribution in [0.5, 0.6) is 0 Å². The summed E-state index contributed by atoms with van der Waals surface area (Å²) in [7, 11) is 3.40. The lowest BCUT2D eigenvalue weighted by Gasteiger charge is -2.21. The highest BCUT2D eigenvalue weighted by Crippen LogP contribution is 2.24. The second-order valence-electron chi connectivity index (χ2n) is 7.34. The number of fused-ring (bicyclic) bond motifs is 1. The topological polar surface area (TPSA) is 65.2 Å². The Morgan fingerprint density at radius 1 is 1.19 bits per heavy atom. The monoisotopic (exact) mass is 371 g/mol. The van der Waals surface area contributed by atoms with Crippen molar-refractivity contribution in [3.05, 3.63) is 58.7 Å². The fraction of sp³-hybridized carbons (Fsp3) is 0.429. The Labute approximate surface area is 159 Å². The summed E-state index contributed by atoms with van der Waals surface area (Å²) >= 11 is 0. The fourth-order valence-electron chi connectivity index (χ4n) is 3.64. The van der Waals surface area contributed by atoms with Crippen molar-refractivity contribution in [2.24, 2.45) is 5.92 Å². The van der Waals surface area contributed by atoms with E-state index in [1.165, 1.54) is 22.6 Å². The second-order valence-corrected chi connectivity index (χ2v) is 7.34. The number of aromatic amines is 1. The number of hydrogen-bond donors (Lipinski definition) is 2. The maximum atomic E-state index is 13.1. The molecule has 0 spiro atoms. The van der Waals surface area contributed by atoms with E-state index in [9.17, 15) is 14.0 Å². The summed E-state index contributed by atoms with van der Waals surface area (Å²) in [5, 5.41) is 2.91. The van der Waals surface area contributed by atoms with Gasteiger partial charge < -0.3 is 15.2 Å². The van der Waals surface area contributed by atoms with Gasteiger partial charge in [-0.3, -0.25) is 9.59 Å². The molecule has 1 aromatic heterocycles. The van der Waals surface area contributed by atoms with Gasteiger partial charge in [0.1, 0.15) is 11.5 Å². The maximum absolute atomic E-state index is 13.1. The number of aryl methyl sites for hydroxylation is 1. The van der Waals surface area contributed by atoms with E-state index in [2.05, 4.69) is 10.3 Å². The molecule has 0 fully saturated rings. The lowest BCUT2D eigenvalue weighted by molar-refractivity contribution is -0.132. The van der Waals surface area contributed by atoms with E-state index in [1.807, 2.05) is 6.20 Å². The standard InChI is InChI=1S/C21H26FN3O2/c1-25(2)21(27)16(11-14-7-9-17(22)10-8-14)13-24-20(26)19-18-6-4-3-5-15(18)12-23-19/h7-10,12,16,23H,3-6,11,13H2,1-2H3,(H,24,26). The van der Waals surface area contributed by atoms with Crippen molar-refractivity contribution >= 4 is 11.8 Å². The summed E-state index contributed by atoms with van der Waals surface area (Å²) in [6, 6.07) is 6.12. The number of carbonyl (C=O) groups is 2.